The predicted octanol–water partition coefficient (Wildman–Crippen LogP) is 2.22. The molecule has 1 heterocycles. The van der Waals surface area contributed by atoms with Crippen molar-refractivity contribution in [2.75, 3.05) is 6.61 Å². The number of carbonyl (C=O) groups excluding carboxylic acids is 1. The van der Waals surface area contributed by atoms with E-state index in [4.69, 9.17) is 4.74 Å². The van der Waals surface area contributed by atoms with Gasteiger partial charge in [0.2, 0.25) is 0 Å². The number of ether oxygens (including phenoxy) is 1. The van der Waals surface area contributed by atoms with Gasteiger partial charge in [-0.25, -0.2) is 9.78 Å². The number of aromatic amines is 1. The Balaban J connectivity index is 1.95. The number of carbonyl (C=O) groups is 1. The Morgan fingerprint density at radius 3 is 2.94 bits per heavy atom. The van der Waals surface area contributed by atoms with E-state index >= 15 is 0 Å². The van der Waals surface area contributed by atoms with Crippen molar-refractivity contribution in [3.63, 3.8) is 0 Å². The molecule has 0 unspecified atom stereocenters. The molecule has 0 atom stereocenters. The zero-order valence-electron chi connectivity index (χ0n) is 9.69. The fourth-order valence-electron chi connectivity index (χ4n) is 1.49. The average Bonchev–Trinajstić information content (AvgIpc) is 2.71. The molecule has 2 aromatic rings. The largest absolute Gasteiger partial charge is 0.462 e. The van der Waals surface area contributed by atoms with E-state index < -0.39 is 0 Å². The summed E-state index contributed by atoms with van der Waals surface area (Å²) in [6.07, 6.45) is 0.577. The minimum atomic E-state index is -0.360. The van der Waals surface area contributed by atoms with Crippen molar-refractivity contribution in [2.45, 2.75) is 13.3 Å². The van der Waals surface area contributed by atoms with Crippen LogP contribution in [-0.4, -0.2) is 22.5 Å². The molecule has 0 bridgehead atoms. The van der Waals surface area contributed by atoms with Gasteiger partial charge >= 0.3 is 5.97 Å². The maximum absolute atomic E-state index is 11.2. The van der Waals surface area contributed by atoms with Crippen LogP contribution in [0.15, 0.2) is 36.4 Å². The normalized spacial score (nSPS) is 10.4. The quantitative estimate of drug-likeness (QED) is 0.647. The molecule has 4 nitrogen and oxygen atoms in total. The number of imidazole rings is 1. The van der Waals surface area contributed by atoms with E-state index in [-0.39, 0.29) is 5.97 Å². The van der Waals surface area contributed by atoms with Gasteiger partial charge in [-0.05, 0) is 19.1 Å². The number of esters is 1. The summed E-state index contributed by atoms with van der Waals surface area (Å²) in [4.78, 5) is 18.7. The van der Waals surface area contributed by atoms with E-state index in [2.05, 4.69) is 16.5 Å². The molecule has 0 amide bonds. The molecule has 0 spiro atoms. The highest BCUT2D eigenvalue weighted by atomic mass is 16.5. The number of nitrogens with one attached hydrogen (secondary N) is 1. The van der Waals surface area contributed by atoms with E-state index in [1.54, 1.807) is 6.92 Å². The number of H-pyrrole nitrogens is 1. The molecule has 0 fully saturated rings. The van der Waals surface area contributed by atoms with Crippen LogP contribution in [0, 0.1) is 0 Å². The van der Waals surface area contributed by atoms with Crippen LogP contribution in [0.1, 0.15) is 12.7 Å². The molecule has 1 N–H and O–H groups in total. The molecule has 4 heteroatoms. The zero-order valence-corrected chi connectivity index (χ0v) is 9.69. The lowest BCUT2D eigenvalue weighted by molar-refractivity contribution is -0.138. The minimum absolute atomic E-state index is 0.311. The number of benzene rings is 1. The van der Waals surface area contributed by atoms with Crippen LogP contribution in [-0.2, 0) is 16.0 Å². The number of rotatable bonds is 4. The Hall–Kier alpha value is -2.10. The lowest BCUT2D eigenvalue weighted by Crippen LogP contribution is -2.08. The van der Waals surface area contributed by atoms with Crippen LogP contribution < -0.4 is 0 Å². The van der Waals surface area contributed by atoms with E-state index in [1.807, 2.05) is 24.3 Å². The van der Waals surface area contributed by atoms with Crippen LogP contribution in [0.2, 0.25) is 0 Å². The molecule has 0 saturated heterocycles. The van der Waals surface area contributed by atoms with Gasteiger partial charge in [-0.2, -0.15) is 0 Å². The summed E-state index contributed by atoms with van der Waals surface area (Å²) in [6.45, 7) is 5.46. The number of fused-ring (bicyclic) bond motifs is 1. The van der Waals surface area contributed by atoms with E-state index in [1.165, 1.54) is 0 Å². The van der Waals surface area contributed by atoms with Crippen molar-refractivity contribution in [3.8, 4) is 0 Å². The first-order chi connectivity index (χ1) is 8.16. The van der Waals surface area contributed by atoms with Gasteiger partial charge in [-0.1, -0.05) is 18.7 Å². The maximum Gasteiger partial charge on any atom is 0.333 e. The third kappa shape index (κ3) is 2.72. The Morgan fingerprint density at radius 1 is 1.47 bits per heavy atom. The Bertz CT molecular complexity index is 524. The topological polar surface area (TPSA) is 55.0 Å². The third-order valence-corrected chi connectivity index (χ3v) is 2.36. The van der Waals surface area contributed by atoms with Gasteiger partial charge < -0.3 is 9.72 Å². The van der Waals surface area contributed by atoms with Crippen molar-refractivity contribution in [2.24, 2.45) is 0 Å². The van der Waals surface area contributed by atoms with Gasteiger partial charge in [0, 0.05) is 12.0 Å². The number of para-hydroxylation sites is 2. The first-order valence-electron chi connectivity index (χ1n) is 5.43. The van der Waals surface area contributed by atoms with E-state index in [9.17, 15) is 4.79 Å². The Kier molecular flexibility index (Phi) is 3.23. The summed E-state index contributed by atoms with van der Waals surface area (Å²) >= 11 is 0. The van der Waals surface area contributed by atoms with Crippen molar-refractivity contribution in [3.05, 3.63) is 42.2 Å². The van der Waals surface area contributed by atoms with Gasteiger partial charge in [-0.3, -0.25) is 0 Å². The second kappa shape index (κ2) is 4.82. The molecule has 0 aliphatic heterocycles. The molecule has 0 radical (unpaired) electrons. The van der Waals surface area contributed by atoms with Crippen LogP contribution in [0.3, 0.4) is 0 Å². The smallest absolute Gasteiger partial charge is 0.333 e. The summed E-state index contributed by atoms with van der Waals surface area (Å²) < 4.78 is 5.00. The third-order valence-electron chi connectivity index (χ3n) is 2.36. The SMILES string of the molecule is C=C(C)C(=O)OCCc1nc2ccccc2[nH]1. The lowest BCUT2D eigenvalue weighted by Gasteiger charge is -2.01. The predicted molar refractivity (Wildman–Crippen MR) is 65.6 cm³/mol. The van der Waals surface area contributed by atoms with Crippen LogP contribution in [0.4, 0.5) is 0 Å². The summed E-state index contributed by atoms with van der Waals surface area (Å²) in [5.74, 6) is 0.460. The molecule has 2 rings (SSSR count). The molecular weight excluding hydrogens is 216 g/mol. The maximum atomic E-state index is 11.2. The molecule has 0 aliphatic carbocycles. The number of hydrogen-bond donors (Lipinski definition) is 1. The first-order valence-corrected chi connectivity index (χ1v) is 5.43. The molecule has 0 aliphatic rings. The van der Waals surface area contributed by atoms with E-state index in [0.29, 0.717) is 18.6 Å². The average molecular weight is 230 g/mol. The monoisotopic (exact) mass is 230 g/mol. The fourth-order valence-corrected chi connectivity index (χ4v) is 1.49. The number of hydrogen-bond acceptors (Lipinski definition) is 3. The summed E-state index contributed by atoms with van der Waals surface area (Å²) in [5.41, 5.74) is 2.33. The minimum Gasteiger partial charge on any atom is -0.462 e. The summed E-state index contributed by atoms with van der Waals surface area (Å²) in [5, 5.41) is 0. The summed E-state index contributed by atoms with van der Waals surface area (Å²) in [6, 6.07) is 7.79. The van der Waals surface area contributed by atoms with Crippen LogP contribution >= 0.6 is 0 Å². The Labute approximate surface area is 99.3 Å². The number of nitrogens with zero attached hydrogens (tertiary/aromatic N) is 1. The van der Waals surface area contributed by atoms with Gasteiger partial charge in [0.05, 0.1) is 17.6 Å². The van der Waals surface area contributed by atoms with Crippen molar-refractivity contribution < 1.29 is 9.53 Å². The second-order valence-corrected chi connectivity index (χ2v) is 3.87. The highest BCUT2D eigenvalue weighted by Gasteiger charge is 2.05. The van der Waals surface area contributed by atoms with Gasteiger partial charge in [-0.15, -0.1) is 0 Å². The molecule has 1 aromatic heterocycles. The van der Waals surface area contributed by atoms with Gasteiger partial charge in [0.25, 0.3) is 0 Å². The highest BCUT2D eigenvalue weighted by Crippen LogP contribution is 2.10. The molecule has 0 saturated carbocycles. The van der Waals surface area contributed by atoms with Crippen molar-refractivity contribution in [1.29, 1.82) is 0 Å². The Morgan fingerprint density at radius 2 is 2.24 bits per heavy atom. The van der Waals surface area contributed by atoms with Gasteiger partial charge in [0.1, 0.15) is 5.82 Å². The highest BCUT2D eigenvalue weighted by molar-refractivity contribution is 5.86. The molecule has 1 aromatic carbocycles. The second-order valence-electron chi connectivity index (χ2n) is 3.87. The zero-order chi connectivity index (χ0) is 12.3. The van der Waals surface area contributed by atoms with Gasteiger partial charge in [0.15, 0.2) is 0 Å². The van der Waals surface area contributed by atoms with Crippen molar-refractivity contribution >= 4 is 17.0 Å². The van der Waals surface area contributed by atoms with E-state index in [0.717, 1.165) is 16.9 Å². The molecular formula is C13H14N2O2. The molecule has 17 heavy (non-hydrogen) atoms. The molecule has 88 valence electrons. The number of aromatic nitrogens is 2. The van der Waals surface area contributed by atoms with Crippen molar-refractivity contribution in [1.82, 2.24) is 9.97 Å². The van der Waals surface area contributed by atoms with Crippen LogP contribution in [0.25, 0.3) is 11.0 Å². The first kappa shape index (κ1) is 11.4. The fraction of sp³-hybridized carbons (Fsp3) is 0.231. The lowest BCUT2D eigenvalue weighted by atomic mass is 10.3. The summed E-state index contributed by atoms with van der Waals surface area (Å²) in [7, 11) is 0. The van der Waals surface area contributed by atoms with Crippen LogP contribution in [0.5, 0.6) is 0 Å². The standard InChI is InChI=1S/C13H14N2O2/c1-9(2)13(16)17-8-7-12-14-10-5-3-4-6-11(10)15-12/h3-6H,1,7-8H2,2H3,(H,14,15).